The van der Waals surface area contributed by atoms with Gasteiger partial charge in [-0.1, -0.05) is 47.5 Å². The molecule has 0 bridgehead atoms. The van der Waals surface area contributed by atoms with Crippen LogP contribution < -0.4 is 5.73 Å². The first-order valence-electron chi connectivity index (χ1n) is 7.37. The summed E-state index contributed by atoms with van der Waals surface area (Å²) in [7, 11) is 0. The maximum absolute atomic E-state index is 6.07. The molecule has 0 aliphatic rings. The van der Waals surface area contributed by atoms with Crippen LogP contribution in [-0.2, 0) is 19.5 Å². The average Bonchev–Trinajstić information content (AvgIpc) is 2.93. The van der Waals surface area contributed by atoms with Gasteiger partial charge >= 0.3 is 0 Å². The molecule has 1 heterocycles. The standard InChI is InChI=1S/C18H17Cl2N3/c19-16-7-15(8-17(20)10-16)9-18-22-4-5-23(18)12-14-3-1-2-13(6-14)11-21/h1-8,10H,9,11-12,21H2. The fourth-order valence-corrected chi connectivity index (χ4v) is 3.17. The number of imidazole rings is 1. The molecule has 0 saturated heterocycles. The SMILES string of the molecule is NCc1cccc(Cn2ccnc2Cc2cc(Cl)cc(Cl)c2)c1. The molecular formula is C18H17Cl2N3. The zero-order valence-electron chi connectivity index (χ0n) is 12.5. The molecular weight excluding hydrogens is 329 g/mol. The number of nitrogens with two attached hydrogens (primary N) is 1. The highest BCUT2D eigenvalue weighted by molar-refractivity contribution is 6.34. The number of hydrogen-bond donors (Lipinski definition) is 1. The van der Waals surface area contributed by atoms with Gasteiger partial charge in [0.15, 0.2) is 0 Å². The highest BCUT2D eigenvalue weighted by Crippen LogP contribution is 2.21. The van der Waals surface area contributed by atoms with E-state index in [0.717, 1.165) is 23.5 Å². The van der Waals surface area contributed by atoms with Crippen LogP contribution in [0.3, 0.4) is 0 Å². The molecule has 0 spiro atoms. The van der Waals surface area contributed by atoms with Crippen LogP contribution in [0.5, 0.6) is 0 Å². The van der Waals surface area contributed by atoms with E-state index in [1.54, 1.807) is 6.07 Å². The Morgan fingerprint density at radius 2 is 1.70 bits per heavy atom. The average molecular weight is 346 g/mol. The van der Waals surface area contributed by atoms with Gasteiger partial charge < -0.3 is 10.3 Å². The van der Waals surface area contributed by atoms with Crippen LogP contribution in [0.2, 0.25) is 10.0 Å². The molecule has 5 heteroatoms. The van der Waals surface area contributed by atoms with Gasteiger partial charge in [0.2, 0.25) is 0 Å². The highest BCUT2D eigenvalue weighted by Gasteiger charge is 2.07. The molecule has 0 radical (unpaired) electrons. The van der Waals surface area contributed by atoms with Crippen molar-refractivity contribution in [1.29, 1.82) is 0 Å². The zero-order chi connectivity index (χ0) is 16.2. The summed E-state index contributed by atoms with van der Waals surface area (Å²) in [6.45, 7) is 1.31. The van der Waals surface area contributed by atoms with Crippen molar-refractivity contribution in [2.75, 3.05) is 0 Å². The van der Waals surface area contributed by atoms with E-state index in [0.29, 0.717) is 23.0 Å². The zero-order valence-corrected chi connectivity index (χ0v) is 14.1. The van der Waals surface area contributed by atoms with Crippen LogP contribution >= 0.6 is 23.2 Å². The molecule has 3 aromatic rings. The van der Waals surface area contributed by atoms with E-state index in [-0.39, 0.29) is 0 Å². The van der Waals surface area contributed by atoms with Gasteiger partial charge in [0.1, 0.15) is 5.82 Å². The summed E-state index contributed by atoms with van der Waals surface area (Å²) in [5.74, 6) is 0.974. The van der Waals surface area contributed by atoms with E-state index >= 15 is 0 Å². The van der Waals surface area contributed by atoms with Gasteiger partial charge in [0.25, 0.3) is 0 Å². The van der Waals surface area contributed by atoms with E-state index in [1.807, 2.05) is 36.7 Å². The van der Waals surface area contributed by atoms with Crippen LogP contribution in [-0.4, -0.2) is 9.55 Å². The molecule has 0 unspecified atom stereocenters. The number of benzene rings is 2. The van der Waals surface area contributed by atoms with Crippen LogP contribution in [0.4, 0.5) is 0 Å². The minimum Gasteiger partial charge on any atom is -0.330 e. The number of nitrogens with zero attached hydrogens (tertiary/aromatic N) is 2. The predicted molar refractivity (Wildman–Crippen MR) is 94.9 cm³/mol. The fourth-order valence-electron chi connectivity index (χ4n) is 2.60. The first-order chi connectivity index (χ1) is 11.1. The Kier molecular flexibility index (Phi) is 5.01. The third-order valence-corrected chi connectivity index (χ3v) is 4.10. The van der Waals surface area contributed by atoms with Gasteiger partial charge in [-0.3, -0.25) is 0 Å². The second kappa shape index (κ2) is 7.18. The first kappa shape index (κ1) is 16.1. The van der Waals surface area contributed by atoms with Crippen LogP contribution in [0.25, 0.3) is 0 Å². The molecule has 0 atom stereocenters. The second-order valence-corrected chi connectivity index (χ2v) is 6.32. The predicted octanol–water partition coefficient (Wildman–Crippen LogP) is 4.29. The van der Waals surface area contributed by atoms with Gasteiger partial charge in [-0.05, 0) is 34.9 Å². The highest BCUT2D eigenvalue weighted by atomic mass is 35.5. The Morgan fingerprint density at radius 3 is 2.43 bits per heavy atom. The quantitative estimate of drug-likeness (QED) is 0.749. The molecule has 1 aromatic heterocycles. The molecule has 3 nitrogen and oxygen atoms in total. The Balaban J connectivity index is 1.81. The molecule has 3 rings (SSSR count). The fraction of sp³-hybridized carbons (Fsp3) is 0.167. The summed E-state index contributed by atoms with van der Waals surface area (Å²) in [5, 5.41) is 1.28. The van der Waals surface area contributed by atoms with Gasteiger partial charge in [0, 0.05) is 41.9 Å². The molecule has 0 aliphatic carbocycles. The molecule has 0 saturated carbocycles. The van der Waals surface area contributed by atoms with Crippen molar-refractivity contribution in [3.05, 3.63) is 87.4 Å². The third kappa shape index (κ3) is 4.14. The summed E-state index contributed by atoms with van der Waals surface area (Å²) < 4.78 is 2.13. The smallest absolute Gasteiger partial charge is 0.113 e. The van der Waals surface area contributed by atoms with E-state index in [1.165, 1.54) is 5.56 Å². The van der Waals surface area contributed by atoms with Crippen molar-refractivity contribution in [2.45, 2.75) is 19.5 Å². The number of rotatable bonds is 5. The van der Waals surface area contributed by atoms with E-state index in [2.05, 4.69) is 21.7 Å². The summed E-state index contributed by atoms with van der Waals surface area (Å²) in [6, 6.07) is 13.9. The van der Waals surface area contributed by atoms with Crippen molar-refractivity contribution in [3.8, 4) is 0 Å². The normalized spacial score (nSPS) is 10.9. The van der Waals surface area contributed by atoms with Gasteiger partial charge in [0.05, 0.1) is 0 Å². The molecule has 0 aliphatic heterocycles. The van der Waals surface area contributed by atoms with Crippen LogP contribution in [0, 0.1) is 0 Å². The summed E-state index contributed by atoms with van der Waals surface area (Å²) >= 11 is 12.1. The van der Waals surface area contributed by atoms with Crippen LogP contribution in [0.15, 0.2) is 54.9 Å². The topological polar surface area (TPSA) is 43.8 Å². The Morgan fingerprint density at radius 1 is 0.957 bits per heavy atom. The molecule has 118 valence electrons. The van der Waals surface area contributed by atoms with Gasteiger partial charge in [-0.2, -0.15) is 0 Å². The second-order valence-electron chi connectivity index (χ2n) is 5.45. The molecule has 2 N–H and O–H groups in total. The minimum absolute atomic E-state index is 0.547. The Hall–Kier alpha value is -1.81. The van der Waals surface area contributed by atoms with Crippen molar-refractivity contribution in [2.24, 2.45) is 5.73 Å². The van der Waals surface area contributed by atoms with Crippen molar-refractivity contribution < 1.29 is 0 Å². The van der Waals surface area contributed by atoms with Gasteiger partial charge in [-0.15, -0.1) is 0 Å². The first-order valence-corrected chi connectivity index (χ1v) is 8.12. The molecule has 2 aromatic carbocycles. The lowest BCUT2D eigenvalue weighted by Crippen LogP contribution is -2.06. The lowest BCUT2D eigenvalue weighted by Gasteiger charge is -2.10. The summed E-state index contributed by atoms with van der Waals surface area (Å²) in [6.07, 6.45) is 4.48. The molecule has 23 heavy (non-hydrogen) atoms. The monoisotopic (exact) mass is 345 g/mol. The molecule has 0 fully saturated rings. The maximum Gasteiger partial charge on any atom is 0.113 e. The van der Waals surface area contributed by atoms with E-state index in [4.69, 9.17) is 28.9 Å². The van der Waals surface area contributed by atoms with Crippen molar-refractivity contribution in [1.82, 2.24) is 9.55 Å². The van der Waals surface area contributed by atoms with E-state index < -0.39 is 0 Å². The largest absolute Gasteiger partial charge is 0.330 e. The maximum atomic E-state index is 6.07. The number of hydrogen-bond acceptors (Lipinski definition) is 2. The van der Waals surface area contributed by atoms with Crippen LogP contribution in [0.1, 0.15) is 22.5 Å². The van der Waals surface area contributed by atoms with Gasteiger partial charge in [-0.25, -0.2) is 4.98 Å². The summed E-state index contributed by atoms with van der Waals surface area (Å²) in [5.41, 5.74) is 9.09. The number of halogens is 2. The minimum atomic E-state index is 0.547. The number of aromatic nitrogens is 2. The Bertz CT molecular complexity index is 791. The molecule has 0 amide bonds. The third-order valence-electron chi connectivity index (χ3n) is 3.67. The summed E-state index contributed by atoms with van der Waals surface area (Å²) in [4.78, 5) is 4.46. The lowest BCUT2D eigenvalue weighted by molar-refractivity contribution is 0.739. The van der Waals surface area contributed by atoms with Crippen molar-refractivity contribution >= 4 is 23.2 Å². The Labute approximate surface area is 145 Å². The lowest BCUT2D eigenvalue weighted by atomic mass is 10.1. The van der Waals surface area contributed by atoms with E-state index in [9.17, 15) is 0 Å². The van der Waals surface area contributed by atoms with Crippen molar-refractivity contribution in [3.63, 3.8) is 0 Å².